The standard InChI is InChI=1S/C14H13N3O4/c1-8(11-9(2)21-17-12(11)14(19)20)15-16-13(18)10-6-4-3-5-7-10/h3-7H,1-2H3,(H,16,18)(H,19,20)/b15-8+. The SMILES string of the molecule is C/C(=N\NC(=O)c1ccccc1)c1c(C(=O)O)noc1C. The maximum atomic E-state index is 11.8. The van der Waals surface area contributed by atoms with Crippen molar-refractivity contribution in [2.45, 2.75) is 13.8 Å². The maximum Gasteiger partial charge on any atom is 0.358 e. The second kappa shape index (κ2) is 6.00. The summed E-state index contributed by atoms with van der Waals surface area (Å²) in [5, 5.41) is 16.4. The van der Waals surface area contributed by atoms with E-state index in [2.05, 4.69) is 15.7 Å². The van der Waals surface area contributed by atoms with Crippen LogP contribution >= 0.6 is 0 Å². The van der Waals surface area contributed by atoms with Crippen LogP contribution in [0.4, 0.5) is 0 Å². The number of aryl methyl sites for hydroxylation is 1. The van der Waals surface area contributed by atoms with Gasteiger partial charge in [0.1, 0.15) is 5.76 Å². The third kappa shape index (κ3) is 3.14. The summed E-state index contributed by atoms with van der Waals surface area (Å²) < 4.78 is 4.85. The van der Waals surface area contributed by atoms with E-state index in [4.69, 9.17) is 9.63 Å². The molecule has 7 heteroatoms. The molecule has 2 N–H and O–H groups in total. The van der Waals surface area contributed by atoms with Gasteiger partial charge in [0.05, 0.1) is 11.3 Å². The van der Waals surface area contributed by atoms with Crippen LogP contribution in [-0.2, 0) is 0 Å². The minimum atomic E-state index is -1.22. The van der Waals surface area contributed by atoms with E-state index < -0.39 is 5.97 Å². The maximum absolute atomic E-state index is 11.8. The summed E-state index contributed by atoms with van der Waals surface area (Å²) in [6.07, 6.45) is 0. The number of rotatable bonds is 4. The van der Waals surface area contributed by atoms with Crippen molar-refractivity contribution in [2.24, 2.45) is 5.10 Å². The molecule has 2 rings (SSSR count). The van der Waals surface area contributed by atoms with Crippen molar-refractivity contribution in [1.29, 1.82) is 0 Å². The second-order valence-electron chi connectivity index (χ2n) is 4.27. The molecule has 21 heavy (non-hydrogen) atoms. The van der Waals surface area contributed by atoms with Crippen LogP contribution in [-0.4, -0.2) is 27.9 Å². The van der Waals surface area contributed by atoms with Crippen LogP contribution in [0.25, 0.3) is 0 Å². The topological polar surface area (TPSA) is 105 Å². The lowest BCUT2D eigenvalue weighted by Gasteiger charge is -2.02. The van der Waals surface area contributed by atoms with Gasteiger partial charge in [0.25, 0.3) is 5.91 Å². The van der Waals surface area contributed by atoms with Gasteiger partial charge in [0.2, 0.25) is 5.69 Å². The molecule has 1 heterocycles. The van der Waals surface area contributed by atoms with Crippen LogP contribution in [0.3, 0.4) is 0 Å². The Hall–Kier alpha value is -2.96. The molecule has 108 valence electrons. The van der Waals surface area contributed by atoms with E-state index in [9.17, 15) is 9.59 Å². The third-order valence-corrected chi connectivity index (χ3v) is 2.79. The van der Waals surface area contributed by atoms with Crippen LogP contribution in [0, 0.1) is 6.92 Å². The number of nitrogens with one attached hydrogen (secondary N) is 1. The van der Waals surface area contributed by atoms with Gasteiger partial charge in [0.15, 0.2) is 0 Å². The second-order valence-corrected chi connectivity index (χ2v) is 4.27. The molecule has 0 spiro atoms. The molecular formula is C14H13N3O4. The van der Waals surface area contributed by atoms with Crippen molar-refractivity contribution in [1.82, 2.24) is 10.6 Å². The van der Waals surface area contributed by atoms with E-state index in [1.165, 1.54) is 0 Å². The minimum Gasteiger partial charge on any atom is -0.476 e. The zero-order valence-electron chi connectivity index (χ0n) is 11.5. The Morgan fingerprint density at radius 2 is 1.95 bits per heavy atom. The average Bonchev–Trinajstić information content (AvgIpc) is 2.87. The molecule has 0 saturated heterocycles. The highest BCUT2D eigenvalue weighted by Crippen LogP contribution is 2.14. The molecule has 2 aromatic rings. The highest BCUT2D eigenvalue weighted by atomic mass is 16.5. The number of carboxylic acids is 1. The molecule has 0 atom stereocenters. The number of hydrazone groups is 1. The highest BCUT2D eigenvalue weighted by Gasteiger charge is 2.21. The zero-order chi connectivity index (χ0) is 15.4. The fourth-order valence-electron chi connectivity index (χ4n) is 1.79. The molecule has 7 nitrogen and oxygen atoms in total. The Morgan fingerprint density at radius 1 is 1.29 bits per heavy atom. The highest BCUT2D eigenvalue weighted by molar-refractivity contribution is 6.07. The Balaban J connectivity index is 2.21. The van der Waals surface area contributed by atoms with E-state index in [1.54, 1.807) is 44.2 Å². The van der Waals surface area contributed by atoms with Crippen LogP contribution in [0.2, 0.25) is 0 Å². The van der Waals surface area contributed by atoms with Crippen LogP contribution in [0.5, 0.6) is 0 Å². The van der Waals surface area contributed by atoms with Gasteiger partial charge in [-0.2, -0.15) is 5.10 Å². The first kappa shape index (κ1) is 14.4. The van der Waals surface area contributed by atoms with Crippen molar-refractivity contribution in [3.05, 3.63) is 52.9 Å². The van der Waals surface area contributed by atoms with Gasteiger partial charge >= 0.3 is 5.97 Å². The third-order valence-electron chi connectivity index (χ3n) is 2.79. The first-order valence-corrected chi connectivity index (χ1v) is 6.10. The van der Waals surface area contributed by atoms with Crippen LogP contribution in [0.15, 0.2) is 40.0 Å². The summed E-state index contributed by atoms with van der Waals surface area (Å²) >= 11 is 0. The predicted molar refractivity (Wildman–Crippen MR) is 74.3 cm³/mol. The summed E-state index contributed by atoms with van der Waals surface area (Å²) in [4.78, 5) is 22.9. The lowest BCUT2D eigenvalue weighted by molar-refractivity contribution is 0.0685. The molecule has 0 aliphatic rings. The molecule has 0 bridgehead atoms. The van der Waals surface area contributed by atoms with Crippen molar-refractivity contribution in [2.75, 3.05) is 0 Å². The zero-order valence-corrected chi connectivity index (χ0v) is 11.5. The lowest BCUT2D eigenvalue weighted by Crippen LogP contribution is -2.20. The van der Waals surface area contributed by atoms with Crippen molar-refractivity contribution in [3.8, 4) is 0 Å². The van der Waals surface area contributed by atoms with E-state index in [0.717, 1.165) is 0 Å². The van der Waals surface area contributed by atoms with Crippen LogP contribution < -0.4 is 5.43 Å². The average molecular weight is 287 g/mol. The quantitative estimate of drug-likeness (QED) is 0.659. The first-order valence-electron chi connectivity index (χ1n) is 6.10. The van der Waals surface area contributed by atoms with E-state index in [0.29, 0.717) is 17.0 Å². The summed E-state index contributed by atoms with van der Waals surface area (Å²) in [5.74, 6) is -1.28. The Labute approximate surface area is 120 Å². The molecule has 0 fully saturated rings. The Kier molecular flexibility index (Phi) is 4.13. The fraction of sp³-hybridized carbons (Fsp3) is 0.143. The number of benzene rings is 1. The van der Waals surface area contributed by atoms with Crippen LogP contribution in [0.1, 0.15) is 39.1 Å². The molecule has 0 saturated carbocycles. The molecule has 0 aliphatic heterocycles. The summed E-state index contributed by atoms with van der Waals surface area (Å²) in [5.41, 5.74) is 3.15. The summed E-state index contributed by atoms with van der Waals surface area (Å²) in [7, 11) is 0. The number of amides is 1. The largest absolute Gasteiger partial charge is 0.476 e. The number of carbonyl (C=O) groups excluding carboxylic acids is 1. The molecule has 1 aromatic heterocycles. The molecule has 0 unspecified atom stereocenters. The van der Waals surface area contributed by atoms with Gasteiger partial charge < -0.3 is 9.63 Å². The molecule has 0 aliphatic carbocycles. The molecule has 1 amide bonds. The number of hydrogen-bond donors (Lipinski definition) is 2. The monoisotopic (exact) mass is 287 g/mol. The number of aromatic nitrogens is 1. The number of hydrogen-bond acceptors (Lipinski definition) is 5. The first-order chi connectivity index (χ1) is 10.0. The lowest BCUT2D eigenvalue weighted by atomic mass is 10.1. The van der Waals surface area contributed by atoms with Gasteiger partial charge in [-0.3, -0.25) is 4.79 Å². The number of aromatic carboxylic acids is 1. The molecular weight excluding hydrogens is 274 g/mol. The number of nitrogens with zero attached hydrogens (tertiary/aromatic N) is 2. The fourth-order valence-corrected chi connectivity index (χ4v) is 1.79. The van der Waals surface area contributed by atoms with Crippen molar-refractivity contribution in [3.63, 3.8) is 0 Å². The van der Waals surface area contributed by atoms with Crippen molar-refractivity contribution < 1.29 is 19.2 Å². The Bertz CT molecular complexity index is 704. The van der Waals surface area contributed by atoms with Gasteiger partial charge in [-0.25, -0.2) is 10.2 Å². The smallest absolute Gasteiger partial charge is 0.358 e. The molecule has 1 aromatic carbocycles. The normalized spacial score (nSPS) is 11.2. The summed E-state index contributed by atoms with van der Waals surface area (Å²) in [6.45, 7) is 3.14. The van der Waals surface area contributed by atoms with E-state index in [-0.39, 0.29) is 17.2 Å². The number of carbonyl (C=O) groups is 2. The predicted octanol–water partition coefficient (Wildman–Crippen LogP) is 1.84. The van der Waals surface area contributed by atoms with Crippen molar-refractivity contribution >= 4 is 17.6 Å². The Morgan fingerprint density at radius 3 is 2.57 bits per heavy atom. The van der Waals surface area contributed by atoms with Gasteiger partial charge in [-0.1, -0.05) is 23.4 Å². The summed E-state index contributed by atoms with van der Waals surface area (Å²) in [6, 6.07) is 8.56. The van der Waals surface area contributed by atoms with E-state index in [1.807, 2.05) is 0 Å². The minimum absolute atomic E-state index is 0.234. The van der Waals surface area contributed by atoms with Gasteiger partial charge in [0, 0.05) is 5.56 Å². The molecule has 0 radical (unpaired) electrons. The van der Waals surface area contributed by atoms with Gasteiger partial charge in [-0.05, 0) is 26.0 Å². The van der Waals surface area contributed by atoms with Gasteiger partial charge in [-0.15, -0.1) is 0 Å². The number of carboxylic acid groups (broad SMARTS) is 1. The van der Waals surface area contributed by atoms with E-state index >= 15 is 0 Å².